The number of carbonyl (C=O) groups is 1. The van der Waals surface area contributed by atoms with Gasteiger partial charge in [-0.2, -0.15) is 13.2 Å². The van der Waals surface area contributed by atoms with Crippen LogP contribution in [0.2, 0.25) is 0 Å². The third kappa shape index (κ3) is 2.88. The molecule has 0 radical (unpaired) electrons. The molecule has 0 amide bonds. The maximum absolute atomic E-state index is 12.5. The van der Waals surface area contributed by atoms with Gasteiger partial charge in [-0.05, 0) is 18.2 Å². The summed E-state index contributed by atoms with van der Waals surface area (Å²) in [4.78, 5) is 11.3. The highest BCUT2D eigenvalue weighted by Gasteiger charge is 2.33. The van der Waals surface area contributed by atoms with Gasteiger partial charge in [-0.1, -0.05) is 0 Å². The van der Waals surface area contributed by atoms with Crippen molar-refractivity contribution in [3.63, 3.8) is 0 Å². The van der Waals surface area contributed by atoms with Crippen LogP contribution in [0.5, 0.6) is 0 Å². The second-order valence-corrected chi connectivity index (χ2v) is 3.54. The molecule has 0 saturated carbocycles. The highest BCUT2D eigenvalue weighted by atomic mass is 35.5. The molecule has 0 aromatic heterocycles. The van der Waals surface area contributed by atoms with Crippen molar-refractivity contribution in [3.8, 4) is 0 Å². The molecule has 6 heteroatoms. The summed E-state index contributed by atoms with van der Waals surface area (Å²) >= 11 is 5.34. The van der Waals surface area contributed by atoms with Crippen LogP contribution in [0.25, 0.3) is 0 Å². The maximum Gasteiger partial charge on any atom is 0.418 e. The summed E-state index contributed by atoms with van der Waals surface area (Å²) in [5, 5.41) is 0. The molecule has 0 bridgehead atoms. The zero-order chi connectivity index (χ0) is 12.3. The summed E-state index contributed by atoms with van der Waals surface area (Å²) < 4.78 is 37.4. The molecule has 0 unspecified atom stereocenters. The third-order valence-corrected chi connectivity index (χ3v) is 2.19. The number of nitrogens with two attached hydrogens (primary N) is 1. The number of anilines is 1. The second kappa shape index (κ2) is 4.74. The molecule has 0 atom stereocenters. The SMILES string of the molecule is Nc1ccc(C(=O)CCCl)cc1C(F)(F)F. The van der Waals surface area contributed by atoms with Crippen LogP contribution in [0.15, 0.2) is 18.2 Å². The lowest BCUT2D eigenvalue weighted by Crippen LogP contribution is -2.11. The molecule has 0 aliphatic heterocycles. The van der Waals surface area contributed by atoms with E-state index in [4.69, 9.17) is 17.3 Å². The van der Waals surface area contributed by atoms with Crippen molar-refractivity contribution in [1.29, 1.82) is 0 Å². The molecular formula is C10H9ClF3NO. The van der Waals surface area contributed by atoms with E-state index in [1.165, 1.54) is 6.07 Å². The van der Waals surface area contributed by atoms with E-state index in [0.717, 1.165) is 12.1 Å². The standard InChI is InChI=1S/C10H9ClF3NO/c11-4-3-9(16)6-1-2-8(15)7(5-6)10(12,13)14/h1-2,5H,3-4,15H2. The first kappa shape index (κ1) is 12.8. The van der Waals surface area contributed by atoms with Crippen LogP contribution in [0, 0.1) is 0 Å². The van der Waals surface area contributed by atoms with E-state index in [-0.39, 0.29) is 17.9 Å². The van der Waals surface area contributed by atoms with Gasteiger partial charge in [0, 0.05) is 23.6 Å². The molecule has 0 fully saturated rings. The van der Waals surface area contributed by atoms with E-state index < -0.39 is 23.2 Å². The number of nitrogen functional groups attached to an aromatic ring is 1. The van der Waals surface area contributed by atoms with Gasteiger partial charge >= 0.3 is 6.18 Å². The Balaban J connectivity index is 3.13. The van der Waals surface area contributed by atoms with Crippen molar-refractivity contribution >= 4 is 23.1 Å². The molecule has 2 N–H and O–H groups in total. The molecule has 2 nitrogen and oxygen atoms in total. The largest absolute Gasteiger partial charge is 0.418 e. The zero-order valence-corrected chi connectivity index (χ0v) is 8.90. The van der Waals surface area contributed by atoms with Crippen molar-refractivity contribution in [2.24, 2.45) is 0 Å². The highest BCUT2D eigenvalue weighted by molar-refractivity contribution is 6.19. The van der Waals surface area contributed by atoms with Crippen LogP contribution in [-0.4, -0.2) is 11.7 Å². The van der Waals surface area contributed by atoms with Gasteiger partial charge in [0.05, 0.1) is 5.56 Å². The average molecular weight is 252 g/mol. The molecule has 16 heavy (non-hydrogen) atoms. The van der Waals surface area contributed by atoms with Crippen molar-refractivity contribution < 1.29 is 18.0 Å². The van der Waals surface area contributed by atoms with Crippen LogP contribution < -0.4 is 5.73 Å². The molecule has 0 saturated heterocycles. The van der Waals surface area contributed by atoms with Gasteiger partial charge in [-0.15, -0.1) is 11.6 Å². The number of benzene rings is 1. The molecule has 0 spiro atoms. The Kier molecular flexibility index (Phi) is 3.80. The first-order chi connectivity index (χ1) is 7.36. The lowest BCUT2D eigenvalue weighted by molar-refractivity contribution is -0.136. The lowest BCUT2D eigenvalue weighted by atomic mass is 10.0. The summed E-state index contributed by atoms with van der Waals surface area (Å²) in [6, 6.07) is 3.09. The minimum Gasteiger partial charge on any atom is -0.398 e. The number of rotatable bonds is 3. The lowest BCUT2D eigenvalue weighted by Gasteiger charge is -2.11. The summed E-state index contributed by atoms with van der Waals surface area (Å²) in [6.45, 7) is 0. The predicted octanol–water partition coefficient (Wildman–Crippen LogP) is 3.10. The quantitative estimate of drug-likeness (QED) is 0.510. The van der Waals surface area contributed by atoms with Crippen LogP contribution in [0.3, 0.4) is 0 Å². The maximum atomic E-state index is 12.5. The van der Waals surface area contributed by atoms with Gasteiger partial charge in [0.1, 0.15) is 0 Å². The Morgan fingerprint density at radius 3 is 2.50 bits per heavy atom. The van der Waals surface area contributed by atoms with Crippen LogP contribution in [-0.2, 0) is 6.18 Å². The number of ketones is 1. The fraction of sp³-hybridized carbons (Fsp3) is 0.300. The Hall–Kier alpha value is -1.23. The third-order valence-electron chi connectivity index (χ3n) is 2.00. The molecule has 88 valence electrons. The van der Waals surface area contributed by atoms with E-state index in [1.54, 1.807) is 0 Å². The van der Waals surface area contributed by atoms with Gasteiger partial charge in [-0.25, -0.2) is 0 Å². The molecule has 1 aromatic rings. The molecule has 1 rings (SSSR count). The van der Waals surface area contributed by atoms with Gasteiger partial charge in [0.25, 0.3) is 0 Å². The van der Waals surface area contributed by atoms with Crippen molar-refractivity contribution in [2.45, 2.75) is 12.6 Å². The first-order valence-electron chi connectivity index (χ1n) is 4.42. The molecule has 0 aliphatic carbocycles. The van der Waals surface area contributed by atoms with Crippen molar-refractivity contribution in [2.75, 3.05) is 11.6 Å². The zero-order valence-electron chi connectivity index (χ0n) is 8.14. The fourth-order valence-corrected chi connectivity index (χ4v) is 1.38. The van der Waals surface area contributed by atoms with E-state index >= 15 is 0 Å². The smallest absolute Gasteiger partial charge is 0.398 e. The minimum absolute atomic E-state index is 0.00275. The Morgan fingerprint density at radius 2 is 2.00 bits per heavy atom. The van der Waals surface area contributed by atoms with E-state index in [9.17, 15) is 18.0 Å². The van der Waals surface area contributed by atoms with Crippen LogP contribution in [0.4, 0.5) is 18.9 Å². The summed E-state index contributed by atoms with van der Waals surface area (Å²) in [7, 11) is 0. The van der Waals surface area contributed by atoms with Gasteiger partial charge in [-0.3, -0.25) is 4.79 Å². The van der Waals surface area contributed by atoms with Crippen LogP contribution >= 0.6 is 11.6 Å². The monoisotopic (exact) mass is 251 g/mol. The average Bonchev–Trinajstić information content (AvgIpc) is 2.16. The number of hydrogen-bond acceptors (Lipinski definition) is 2. The van der Waals surface area contributed by atoms with Crippen LogP contribution in [0.1, 0.15) is 22.3 Å². The van der Waals surface area contributed by atoms with E-state index in [1.807, 2.05) is 0 Å². The van der Waals surface area contributed by atoms with E-state index in [2.05, 4.69) is 0 Å². The summed E-state index contributed by atoms with van der Waals surface area (Å²) in [5.74, 6) is -0.356. The minimum atomic E-state index is -4.55. The fourth-order valence-electron chi connectivity index (χ4n) is 1.21. The number of hydrogen-bond donors (Lipinski definition) is 1. The molecular weight excluding hydrogens is 243 g/mol. The molecule has 0 aliphatic rings. The number of alkyl halides is 4. The molecule has 1 aromatic carbocycles. The normalized spacial score (nSPS) is 11.5. The van der Waals surface area contributed by atoms with Crippen molar-refractivity contribution in [1.82, 2.24) is 0 Å². The van der Waals surface area contributed by atoms with Gasteiger partial charge in [0.2, 0.25) is 0 Å². The Morgan fingerprint density at radius 1 is 1.38 bits per heavy atom. The predicted molar refractivity (Wildman–Crippen MR) is 55.5 cm³/mol. The topological polar surface area (TPSA) is 43.1 Å². The second-order valence-electron chi connectivity index (χ2n) is 3.16. The number of carbonyl (C=O) groups excluding carboxylic acids is 1. The summed E-state index contributed by atoms with van der Waals surface area (Å²) in [6.07, 6.45) is -4.55. The summed E-state index contributed by atoms with van der Waals surface area (Å²) in [5.41, 5.74) is 3.78. The van der Waals surface area contributed by atoms with Gasteiger partial charge in [0.15, 0.2) is 5.78 Å². The number of halogens is 4. The van der Waals surface area contributed by atoms with E-state index in [0.29, 0.717) is 0 Å². The Bertz CT molecular complexity index is 404. The Labute approximate surface area is 95.2 Å². The molecule has 0 heterocycles. The van der Waals surface area contributed by atoms with Crippen molar-refractivity contribution in [3.05, 3.63) is 29.3 Å². The highest BCUT2D eigenvalue weighted by Crippen LogP contribution is 2.34. The van der Waals surface area contributed by atoms with Gasteiger partial charge < -0.3 is 5.73 Å². The first-order valence-corrected chi connectivity index (χ1v) is 4.95. The number of Topliss-reactive ketones (excluding diaryl/α,β-unsaturated/α-hetero) is 1.